The number of aliphatic carboxylic acids is 1. The topological polar surface area (TPSA) is 107 Å². The van der Waals surface area contributed by atoms with E-state index in [1.807, 2.05) is 6.92 Å². The summed E-state index contributed by atoms with van der Waals surface area (Å²) >= 11 is 6.10. The molecule has 0 unspecified atom stereocenters. The molecule has 0 aliphatic rings. The standard InChI is InChI=1S/C20H23ClN2O3.C2HF3O2/c1-3-5-12-23(4-2)18-11-10-14(20(25)26)13-17(18)22-19(24)15-8-6-7-9-16(15)21;3-2(4,5)1(6)7/h6-11,13H,3-5,12H2,1-2H3,(H,22,24)(H,25,26);(H,6,7). The zero-order valence-corrected chi connectivity index (χ0v) is 18.7. The predicted molar refractivity (Wildman–Crippen MR) is 119 cm³/mol. The van der Waals surface area contributed by atoms with Crippen molar-refractivity contribution in [2.24, 2.45) is 0 Å². The molecule has 0 saturated heterocycles. The number of unbranched alkanes of at least 4 members (excludes halogenated alkanes) is 1. The minimum atomic E-state index is -5.08. The maximum atomic E-state index is 12.6. The highest BCUT2D eigenvalue weighted by molar-refractivity contribution is 6.34. The van der Waals surface area contributed by atoms with Crippen LogP contribution in [-0.4, -0.2) is 47.3 Å². The third kappa shape index (κ3) is 8.64. The number of aromatic carboxylic acids is 1. The molecule has 0 radical (unpaired) electrons. The van der Waals surface area contributed by atoms with Gasteiger partial charge < -0.3 is 20.4 Å². The van der Waals surface area contributed by atoms with E-state index in [1.54, 1.807) is 36.4 Å². The van der Waals surface area contributed by atoms with E-state index in [4.69, 9.17) is 21.5 Å². The van der Waals surface area contributed by atoms with Crippen molar-refractivity contribution in [1.82, 2.24) is 0 Å². The molecule has 1 amide bonds. The number of nitrogens with zero attached hydrogens (tertiary/aromatic N) is 1. The average molecular weight is 489 g/mol. The van der Waals surface area contributed by atoms with Gasteiger partial charge in [0.05, 0.1) is 27.5 Å². The van der Waals surface area contributed by atoms with Crippen LogP contribution in [0.3, 0.4) is 0 Å². The van der Waals surface area contributed by atoms with Crippen molar-refractivity contribution < 1.29 is 37.8 Å². The van der Waals surface area contributed by atoms with E-state index < -0.39 is 18.1 Å². The first-order chi connectivity index (χ1) is 15.4. The van der Waals surface area contributed by atoms with Crippen molar-refractivity contribution in [2.75, 3.05) is 23.3 Å². The third-order valence-electron chi connectivity index (χ3n) is 4.36. The number of amides is 1. The number of nitrogens with one attached hydrogen (secondary N) is 1. The van der Waals surface area contributed by atoms with E-state index in [0.717, 1.165) is 31.6 Å². The number of hydrogen-bond acceptors (Lipinski definition) is 4. The first-order valence-corrected chi connectivity index (χ1v) is 10.3. The van der Waals surface area contributed by atoms with Gasteiger partial charge in [0.1, 0.15) is 0 Å². The summed E-state index contributed by atoms with van der Waals surface area (Å²) in [6.07, 6.45) is -3.03. The molecule has 180 valence electrons. The minimum absolute atomic E-state index is 0.120. The summed E-state index contributed by atoms with van der Waals surface area (Å²) in [5, 5.41) is 19.6. The van der Waals surface area contributed by atoms with Crippen LogP contribution in [0.2, 0.25) is 5.02 Å². The van der Waals surface area contributed by atoms with Crippen molar-refractivity contribution >= 4 is 40.8 Å². The highest BCUT2D eigenvalue weighted by Crippen LogP contribution is 2.29. The van der Waals surface area contributed by atoms with Crippen LogP contribution in [0.1, 0.15) is 47.4 Å². The first-order valence-electron chi connectivity index (χ1n) is 9.90. The van der Waals surface area contributed by atoms with Crippen molar-refractivity contribution in [1.29, 1.82) is 0 Å². The average Bonchev–Trinajstić information content (AvgIpc) is 2.74. The number of carboxylic acid groups (broad SMARTS) is 2. The number of benzene rings is 2. The molecule has 2 aromatic carbocycles. The summed E-state index contributed by atoms with van der Waals surface area (Å²) in [7, 11) is 0. The van der Waals surface area contributed by atoms with Gasteiger partial charge in [0, 0.05) is 13.1 Å². The van der Waals surface area contributed by atoms with Gasteiger partial charge in [0.15, 0.2) is 0 Å². The number of carboxylic acids is 2. The first kappa shape index (κ1) is 27.8. The number of rotatable bonds is 8. The molecule has 7 nitrogen and oxygen atoms in total. The summed E-state index contributed by atoms with van der Waals surface area (Å²) in [5.74, 6) is -4.17. The van der Waals surface area contributed by atoms with E-state index in [2.05, 4.69) is 17.1 Å². The fraction of sp³-hybridized carbons (Fsp3) is 0.318. The van der Waals surface area contributed by atoms with Gasteiger partial charge in [-0.2, -0.15) is 13.2 Å². The molecule has 0 aliphatic carbocycles. The Morgan fingerprint density at radius 2 is 1.67 bits per heavy atom. The Balaban J connectivity index is 0.000000675. The van der Waals surface area contributed by atoms with Crippen LogP contribution in [-0.2, 0) is 4.79 Å². The Labute approximate surface area is 193 Å². The summed E-state index contributed by atoms with van der Waals surface area (Å²) in [6.45, 7) is 5.72. The lowest BCUT2D eigenvalue weighted by molar-refractivity contribution is -0.192. The highest BCUT2D eigenvalue weighted by atomic mass is 35.5. The molecule has 0 spiro atoms. The van der Waals surface area contributed by atoms with Gasteiger partial charge in [0.2, 0.25) is 0 Å². The van der Waals surface area contributed by atoms with Gasteiger partial charge in [-0.05, 0) is 43.7 Å². The van der Waals surface area contributed by atoms with Crippen LogP contribution in [0.15, 0.2) is 42.5 Å². The Hall–Kier alpha value is -3.27. The third-order valence-corrected chi connectivity index (χ3v) is 4.69. The molecule has 0 saturated carbocycles. The van der Waals surface area contributed by atoms with Gasteiger partial charge >= 0.3 is 18.1 Å². The molecule has 0 aliphatic heterocycles. The lowest BCUT2D eigenvalue weighted by Gasteiger charge is -2.26. The van der Waals surface area contributed by atoms with Gasteiger partial charge in [-0.1, -0.05) is 37.1 Å². The van der Waals surface area contributed by atoms with Crippen LogP contribution < -0.4 is 10.2 Å². The van der Waals surface area contributed by atoms with Crippen molar-refractivity contribution in [3.8, 4) is 0 Å². The van der Waals surface area contributed by atoms with Crippen LogP contribution >= 0.6 is 11.6 Å². The van der Waals surface area contributed by atoms with Crippen LogP contribution in [0.5, 0.6) is 0 Å². The molecule has 0 atom stereocenters. The Kier molecular flexibility index (Phi) is 10.7. The predicted octanol–water partition coefficient (Wildman–Crippen LogP) is 5.55. The fourth-order valence-electron chi connectivity index (χ4n) is 2.68. The normalized spacial score (nSPS) is 10.6. The SMILES string of the molecule is CCCCN(CC)c1ccc(C(=O)O)cc1NC(=O)c1ccccc1Cl.O=C(O)C(F)(F)F. The quantitative estimate of drug-likeness (QED) is 0.449. The maximum Gasteiger partial charge on any atom is 0.490 e. The van der Waals surface area contributed by atoms with Crippen LogP contribution in [0.25, 0.3) is 0 Å². The minimum Gasteiger partial charge on any atom is -0.478 e. The summed E-state index contributed by atoms with van der Waals surface area (Å²) in [5.41, 5.74) is 1.73. The smallest absolute Gasteiger partial charge is 0.478 e. The summed E-state index contributed by atoms with van der Waals surface area (Å²) < 4.78 is 31.7. The number of alkyl halides is 3. The molecular formula is C22H24ClF3N2O5. The lowest BCUT2D eigenvalue weighted by Crippen LogP contribution is -2.26. The number of carbonyl (C=O) groups excluding carboxylic acids is 1. The van der Waals surface area contributed by atoms with Crippen LogP contribution in [0, 0.1) is 0 Å². The molecule has 11 heteroatoms. The Morgan fingerprint density at radius 1 is 1.06 bits per heavy atom. The summed E-state index contributed by atoms with van der Waals surface area (Å²) in [6, 6.07) is 11.5. The Morgan fingerprint density at radius 3 is 2.15 bits per heavy atom. The number of hydrogen-bond donors (Lipinski definition) is 3. The number of carbonyl (C=O) groups is 3. The maximum absolute atomic E-state index is 12.6. The molecule has 0 heterocycles. The van der Waals surface area contributed by atoms with E-state index in [1.165, 1.54) is 6.07 Å². The van der Waals surface area contributed by atoms with Crippen molar-refractivity contribution in [3.63, 3.8) is 0 Å². The van der Waals surface area contributed by atoms with Gasteiger partial charge in [-0.15, -0.1) is 0 Å². The van der Waals surface area contributed by atoms with Crippen molar-refractivity contribution in [2.45, 2.75) is 32.9 Å². The largest absolute Gasteiger partial charge is 0.490 e. The molecule has 33 heavy (non-hydrogen) atoms. The van der Waals surface area contributed by atoms with Gasteiger partial charge in [-0.25, -0.2) is 9.59 Å². The highest BCUT2D eigenvalue weighted by Gasteiger charge is 2.38. The molecule has 0 aromatic heterocycles. The van der Waals surface area contributed by atoms with Crippen molar-refractivity contribution in [3.05, 3.63) is 58.6 Å². The molecule has 2 aromatic rings. The van der Waals surface area contributed by atoms with E-state index in [9.17, 15) is 27.9 Å². The second-order valence-electron chi connectivity index (χ2n) is 6.71. The van der Waals surface area contributed by atoms with E-state index >= 15 is 0 Å². The number of halogens is 4. The second kappa shape index (κ2) is 12.7. The molecule has 3 N–H and O–H groups in total. The van der Waals surface area contributed by atoms with E-state index in [0.29, 0.717) is 16.3 Å². The zero-order valence-electron chi connectivity index (χ0n) is 17.9. The Bertz CT molecular complexity index is 983. The number of anilines is 2. The van der Waals surface area contributed by atoms with Gasteiger partial charge in [-0.3, -0.25) is 4.79 Å². The molecular weight excluding hydrogens is 465 g/mol. The molecule has 2 rings (SSSR count). The lowest BCUT2D eigenvalue weighted by atomic mass is 10.1. The summed E-state index contributed by atoms with van der Waals surface area (Å²) in [4.78, 5) is 35.0. The van der Waals surface area contributed by atoms with E-state index in [-0.39, 0.29) is 11.5 Å². The fourth-order valence-corrected chi connectivity index (χ4v) is 2.90. The zero-order chi connectivity index (χ0) is 25.2. The molecule has 0 bridgehead atoms. The second-order valence-corrected chi connectivity index (χ2v) is 7.11. The van der Waals surface area contributed by atoms with Gasteiger partial charge in [0.25, 0.3) is 5.91 Å². The van der Waals surface area contributed by atoms with Crippen LogP contribution in [0.4, 0.5) is 24.5 Å². The molecule has 0 fully saturated rings. The monoisotopic (exact) mass is 488 g/mol.